The molecule has 0 aromatic heterocycles. The van der Waals surface area contributed by atoms with Gasteiger partial charge in [-0.2, -0.15) is 0 Å². The van der Waals surface area contributed by atoms with Crippen molar-refractivity contribution in [3.8, 4) is 0 Å². The molecule has 2 unspecified atom stereocenters. The van der Waals surface area contributed by atoms with Crippen molar-refractivity contribution in [2.24, 2.45) is 0 Å². The van der Waals surface area contributed by atoms with Crippen LogP contribution in [0, 0.1) is 0 Å². The molecule has 0 spiro atoms. The van der Waals surface area contributed by atoms with Gasteiger partial charge in [-0.1, -0.05) is 67.8 Å². The summed E-state index contributed by atoms with van der Waals surface area (Å²) in [5, 5.41) is 12.2. The molecule has 4 heteroatoms. The molecule has 4 rings (SSSR count). The highest BCUT2D eigenvalue weighted by molar-refractivity contribution is 6.00. The predicted molar refractivity (Wildman–Crippen MR) is 96.4 cm³/mol. The van der Waals surface area contributed by atoms with Crippen LogP contribution in [0.1, 0.15) is 65.5 Å². The van der Waals surface area contributed by atoms with Crippen molar-refractivity contribution in [1.82, 2.24) is 4.90 Å². The molecule has 0 bridgehead atoms. The van der Waals surface area contributed by atoms with E-state index in [1.807, 2.05) is 35.2 Å². The normalized spacial score (nSPS) is 23.5. The minimum atomic E-state index is -1.13. The number of amides is 1. The summed E-state index contributed by atoms with van der Waals surface area (Å²) < 4.78 is 0. The zero-order chi connectivity index (χ0) is 18.1. The van der Waals surface area contributed by atoms with Gasteiger partial charge in [-0.25, -0.2) is 0 Å². The molecule has 0 saturated heterocycles. The number of aliphatic carboxylic acids is 1. The first-order valence-corrected chi connectivity index (χ1v) is 9.36. The van der Waals surface area contributed by atoms with Crippen molar-refractivity contribution in [2.75, 3.05) is 0 Å². The lowest BCUT2D eigenvalue weighted by Crippen LogP contribution is -2.52. The average molecular weight is 348 g/mol. The smallest absolute Gasteiger partial charge is 0.254 e. The van der Waals surface area contributed by atoms with E-state index >= 15 is 0 Å². The molecular formula is C22H22NO3-. The third-order valence-electron chi connectivity index (χ3n) is 5.74. The minimum Gasteiger partial charge on any atom is -0.549 e. The van der Waals surface area contributed by atoms with Crippen LogP contribution >= 0.6 is 0 Å². The maximum atomic E-state index is 13.4. The Hall–Kier alpha value is -2.62. The third kappa shape index (κ3) is 2.79. The SMILES string of the molecule is O=C([O-])C1c2ccccc2C(=O)N(C2CCCCC2)C1c1ccccc1. The molecule has 1 fully saturated rings. The van der Waals surface area contributed by atoms with Crippen molar-refractivity contribution in [2.45, 2.75) is 50.1 Å². The standard InChI is InChI=1S/C22H23NO3/c24-21-18-14-8-7-13-17(18)19(22(25)26)20(15-9-3-1-4-10-15)23(21)16-11-5-2-6-12-16/h1,3-4,7-10,13-14,16,19-20H,2,5-6,11-12H2,(H,25,26)/p-1. The highest BCUT2D eigenvalue weighted by atomic mass is 16.4. The molecule has 1 saturated carbocycles. The van der Waals surface area contributed by atoms with E-state index in [2.05, 4.69) is 0 Å². The number of rotatable bonds is 3. The van der Waals surface area contributed by atoms with E-state index in [-0.39, 0.29) is 11.9 Å². The van der Waals surface area contributed by atoms with Gasteiger partial charge in [0.2, 0.25) is 0 Å². The van der Waals surface area contributed by atoms with E-state index in [1.54, 1.807) is 24.3 Å². The first-order valence-electron chi connectivity index (χ1n) is 9.36. The summed E-state index contributed by atoms with van der Waals surface area (Å²) in [6.45, 7) is 0. The predicted octanol–water partition coefficient (Wildman–Crippen LogP) is 3.05. The Morgan fingerprint density at radius 1 is 0.923 bits per heavy atom. The Morgan fingerprint density at radius 3 is 2.27 bits per heavy atom. The number of carboxylic acids is 1. The summed E-state index contributed by atoms with van der Waals surface area (Å²) in [4.78, 5) is 27.4. The summed E-state index contributed by atoms with van der Waals surface area (Å²) in [5.41, 5.74) is 1.92. The number of benzene rings is 2. The van der Waals surface area contributed by atoms with E-state index < -0.39 is 17.9 Å². The van der Waals surface area contributed by atoms with Crippen molar-refractivity contribution in [3.05, 3.63) is 71.3 Å². The fourth-order valence-electron chi connectivity index (χ4n) is 4.57. The zero-order valence-electron chi connectivity index (χ0n) is 14.6. The van der Waals surface area contributed by atoms with Gasteiger partial charge in [0, 0.05) is 17.5 Å². The molecule has 2 aliphatic rings. The summed E-state index contributed by atoms with van der Waals surface area (Å²) in [6.07, 6.45) is 5.18. The molecule has 1 amide bonds. The summed E-state index contributed by atoms with van der Waals surface area (Å²) in [5.74, 6) is -2.04. The second kappa shape index (κ2) is 6.94. The molecule has 1 aliphatic heterocycles. The van der Waals surface area contributed by atoms with Crippen molar-refractivity contribution in [1.29, 1.82) is 0 Å². The number of carbonyl (C=O) groups is 2. The lowest BCUT2D eigenvalue weighted by atomic mass is 9.77. The van der Waals surface area contributed by atoms with Crippen LogP contribution in [0.3, 0.4) is 0 Å². The fourth-order valence-corrected chi connectivity index (χ4v) is 4.57. The average Bonchev–Trinajstić information content (AvgIpc) is 2.69. The number of hydrogen-bond acceptors (Lipinski definition) is 3. The lowest BCUT2D eigenvalue weighted by Gasteiger charge is -2.47. The minimum absolute atomic E-state index is 0.0566. The lowest BCUT2D eigenvalue weighted by molar-refractivity contribution is -0.309. The molecule has 2 aromatic carbocycles. The van der Waals surface area contributed by atoms with Crippen LogP contribution in [0.5, 0.6) is 0 Å². The van der Waals surface area contributed by atoms with Gasteiger partial charge in [0.1, 0.15) is 0 Å². The zero-order valence-corrected chi connectivity index (χ0v) is 14.6. The highest BCUT2D eigenvalue weighted by Crippen LogP contribution is 2.45. The van der Waals surface area contributed by atoms with Gasteiger partial charge in [0.25, 0.3) is 5.91 Å². The van der Waals surface area contributed by atoms with Crippen molar-refractivity contribution < 1.29 is 14.7 Å². The summed E-state index contributed by atoms with van der Waals surface area (Å²) in [6, 6.07) is 16.2. The molecule has 0 radical (unpaired) electrons. The van der Waals surface area contributed by atoms with Gasteiger partial charge in [-0.15, -0.1) is 0 Å². The molecule has 0 N–H and O–H groups in total. The summed E-state index contributed by atoms with van der Waals surface area (Å²) >= 11 is 0. The molecule has 1 aliphatic carbocycles. The quantitative estimate of drug-likeness (QED) is 0.856. The molecule has 2 aromatic rings. The Balaban J connectivity index is 1.89. The number of carbonyl (C=O) groups excluding carboxylic acids is 2. The highest BCUT2D eigenvalue weighted by Gasteiger charge is 2.44. The Labute approximate surface area is 153 Å². The van der Waals surface area contributed by atoms with E-state index in [0.29, 0.717) is 11.1 Å². The van der Waals surface area contributed by atoms with Gasteiger partial charge in [0.05, 0.1) is 12.0 Å². The van der Waals surface area contributed by atoms with Gasteiger partial charge in [0.15, 0.2) is 0 Å². The van der Waals surface area contributed by atoms with E-state index in [1.165, 1.54) is 6.42 Å². The Kier molecular flexibility index (Phi) is 4.49. The molecule has 4 nitrogen and oxygen atoms in total. The van der Waals surface area contributed by atoms with Crippen LogP contribution in [-0.4, -0.2) is 22.8 Å². The molecule has 2 atom stereocenters. The largest absolute Gasteiger partial charge is 0.549 e. The van der Waals surface area contributed by atoms with Crippen LogP contribution in [0.15, 0.2) is 54.6 Å². The van der Waals surface area contributed by atoms with Gasteiger partial charge >= 0.3 is 0 Å². The second-order valence-corrected chi connectivity index (χ2v) is 7.24. The van der Waals surface area contributed by atoms with E-state index in [9.17, 15) is 14.7 Å². The molecular weight excluding hydrogens is 326 g/mol. The topological polar surface area (TPSA) is 60.4 Å². The Morgan fingerprint density at radius 2 is 1.58 bits per heavy atom. The van der Waals surface area contributed by atoms with Crippen LogP contribution in [0.4, 0.5) is 0 Å². The van der Waals surface area contributed by atoms with Crippen LogP contribution < -0.4 is 5.11 Å². The van der Waals surface area contributed by atoms with Gasteiger partial charge in [-0.05, 0) is 30.0 Å². The molecule has 134 valence electrons. The van der Waals surface area contributed by atoms with Crippen LogP contribution in [0.25, 0.3) is 0 Å². The number of carboxylic acid groups (broad SMARTS) is 1. The number of hydrogen-bond donors (Lipinski definition) is 0. The van der Waals surface area contributed by atoms with Crippen LogP contribution in [-0.2, 0) is 4.79 Å². The number of fused-ring (bicyclic) bond motifs is 1. The van der Waals surface area contributed by atoms with E-state index in [4.69, 9.17) is 0 Å². The van der Waals surface area contributed by atoms with Crippen molar-refractivity contribution in [3.63, 3.8) is 0 Å². The van der Waals surface area contributed by atoms with Gasteiger partial charge in [-0.3, -0.25) is 4.79 Å². The maximum Gasteiger partial charge on any atom is 0.254 e. The number of nitrogens with zero attached hydrogens (tertiary/aromatic N) is 1. The third-order valence-corrected chi connectivity index (χ3v) is 5.74. The molecule has 1 heterocycles. The van der Waals surface area contributed by atoms with Gasteiger partial charge < -0.3 is 14.8 Å². The first-order chi connectivity index (χ1) is 12.7. The Bertz CT molecular complexity index is 811. The van der Waals surface area contributed by atoms with Crippen LogP contribution in [0.2, 0.25) is 0 Å². The fraction of sp³-hybridized carbons (Fsp3) is 0.364. The van der Waals surface area contributed by atoms with E-state index in [0.717, 1.165) is 31.2 Å². The van der Waals surface area contributed by atoms with Crippen molar-refractivity contribution >= 4 is 11.9 Å². The monoisotopic (exact) mass is 348 g/mol. The summed E-state index contributed by atoms with van der Waals surface area (Å²) in [7, 11) is 0. The molecule has 26 heavy (non-hydrogen) atoms. The maximum absolute atomic E-state index is 13.4. The first kappa shape index (κ1) is 16.8. The second-order valence-electron chi connectivity index (χ2n) is 7.24.